The number of carbonyl (C=O) groups is 1. The first-order valence-corrected chi connectivity index (χ1v) is 9.98. The van der Waals surface area contributed by atoms with Crippen LogP contribution in [0.25, 0.3) is 0 Å². The first-order valence-electron chi connectivity index (χ1n) is 9.57. The topological polar surface area (TPSA) is 65.8 Å². The Kier molecular flexibility index (Phi) is 6.32. The van der Waals surface area contributed by atoms with Gasteiger partial charge in [0.25, 0.3) is 0 Å². The van der Waals surface area contributed by atoms with Gasteiger partial charge in [-0.25, -0.2) is 0 Å². The van der Waals surface area contributed by atoms with E-state index < -0.39 is 22.8 Å². The Balaban J connectivity index is 2.06. The fraction of sp³-hybridized carbons (Fsp3) is 0.318. The minimum absolute atomic E-state index is 0.0398. The predicted octanol–water partition coefficient (Wildman–Crippen LogP) is 4.90. The molecule has 1 heterocycles. The molecule has 32 heavy (non-hydrogen) atoms. The molecule has 0 spiro atoms. The number of hydrogen-bond acceptors (Lipinski definition) is 5. The van der Waals surface area contributed by atoms with Gasteiger partial charge in [-0.15, -0.1) is 0 Å². The van der Waals surface area contributed by atoms with Crippen molar-refractivity contribution in [2.24, 2.45) is 0 Å². The summed E-state index contributed by atoms with van der Waals surface area (Å²) in [6.07, 6.45) is -4.42. The fourth-order valence-electron chi connectivity index (χ4n) is 3.29. The maximum Gasteiger partial charge on any atom is 0.417 e. The predicted molar refractivity (Wildman–Crippen MR) is 117 cm³/mol. The number of halogens is 3. The van der Waals surface area contributed by atoms with Crippen LogP contribution < -0.4 is 19.3 Å². The van der Waals surface area contributed by atoms with Crippen molar-refractivity contribution in [3.8, 4) is 17.6 Å². The normalized spacial score (nSPS) is 13.2. The number of alkyl halides is 3. The lowest BCUT2D eigenvalue weighted by Gasteiger charge is -2.40. The number of amides is 1. The Hall–Kier alpha value is -3.32. The van der Waals surface area contributed by atoms with Crippen LogP contribution in [0.5, 0.6) is 11.5 Å². The molecule has 6 nitrogen and oxygen atoms in total. The Morgan fingerprint density at radius 3 is 2.25 bits per heavy atom. The molecule has 0 aromatic heterocycles. The van der Waals surface area contributed by atoms with Gasteiger partial charge in [0.1, 0.15) is 13.2 Å². The van der Waals surface area contributed by atoms with Gasteiger partial charge in [-0.3, -0.25) is 9.69 Å². The second-order valence-corrected chi connectivity index (χ2v) is 8.30. The van der Waals surface area contributed by atoms with Gasteiger partial charge in [0.2, 0.25) is 6.41 Å². The monoisotopic (exact) mass is 463 g/mol. The van der Waals surface area contributed by atoms with Crippen molar-refractivity contribution in [2.75, 3.05) is 23.0 Å². The van der Waals surface area contributed by atoms with Gasteiger partial charge in [-0.2, -0.15) is 18.4 Å². The Morgan fingerprint density at radius 1 is 1.06 bits per heavy atom. The van der Waals surface area contributed by atoms with Crippen LogP contribution in [0.15, 0.2) is 36.4 Å². The van der Waals surface area contributed by atoms with E-state index in [2.05, 4.69) is 0 Å². The van der Waals surface area contributed by atoms with Gasteiger partial charge in [0.15, 0.2) is 16.6 Å². The smallest absolute Gasteiger partial charge is 0.417 e. The van der Waals surface area contributed by atoms with Crippen LogP contribution in [0.2, 0.25) is 0 Å². The molecule has 2 aromatic rings. The molecule has 1 aliphatic heterocycles. The number of nitrogens with zero attached hydrogens (tertiary/aromatic N) is 3. The molecular formula is C22H20F3N3O3S. The van der Waals surface area contributed by atoms with Crippen LogP contribution in [0.3, 0.4) is 0 Å². The highest BCUT2D eigenvalue weighted by molar-refractivity contribution is 7.80. The van der Waals surface area contributed by atoms with Crippen molar-refractivity contribution < 1.29 is 27.4 Å². The van der Waals surface area contributed by atoms with Crippen LogP contribution in [-0.4, -0.2) is 30.3 Å². The van der Waals surface area contributed by atoms with E-state index in [1.54, 1.807) is 23.1 Å². The molecule has 0 saturated carbocycles. The van der Waals surface area contributed by atoms with E-state index in [1.165, 1.54) is 12.1 Å². The number of rotatable bonds is 3. The van der Waals surface area contributed by atoms with Crippen LogP contribution in [0.4, 0.5) is 24.5 Å². The second kappa shape index (κ2) is 8.67. The molecule has 168 valence electrons. The lowest BCUT2D eigenvalue weighted by Crippen LogP contribution is -2.52. The maximum absolute atomic E-state index is 13.4. The highest BCUT2D eigenvalue weighted by Gasteiger charge is 2.36. The van der Waals surface area contributed by atoms with Crippen molar-refractivity contribution in [1.29, 1.82) is 5.26 Å². The van der Waals surface area contributed by atoms with E-state index in [0.29, 0.717) is 36.8 Å². The van der Waals surface area contributed by atoms with E-state index in [4.69, 9.17) is 27.0 Å². The fourth-order valence-corrected chi connectivity index (χ4v) is 3.82. The van der Waals surface area contributed by atoms with Gasteiger partial charge in [-0.1, -0.05) is 0 Å². The summed E-state index contributed by atoms with van der Waals surface area (Å²) in [4.78, 5) is 14.6. The van der Waals surface area contributed by atoms with E-state index in [0.717, 1.165) is 17.0 Å². The lowest BCUT2D eigenvalue weighted by molar-refractivity contribution is -0.137. The van der Waals surface area contributed by atoms with Crippen LogP contribution in [0.1, 0.15) is 31.9 Å². The number of carbonyl (C=O) groups excluding carboxylic acids is 1. The number of benzene rings is 2. The van der Waals surface area contributed by atoms with E-state index in [-0.39, 0.29) is 10.8 Å². The zero-order chi connectivity index (χ0) is 23.7. The van der Waals surface area contributed by atoms with Crippen molar-refractivity contribution >= 4 is 35.1 Å². The molecule has 0 fully saturated rings. The Labute approximate surface area is 188 Å². The summed E-state index contributed by atoms with van der Waals surface area (Å²) in [5.74, 6) is 1.06. The summed E-state index contributed by atoms with van der Waals surface area (Å²) in [6.45, 7) is 6.34. The van der Waals surface area contributed by atoms with Crippen molar-refractivity contribution in [3.05, 3.63) is 47.5 Å². The van der Waals surface area contributed by atoms with E-state index in [1.807, 2.05) is 20.8 Å². The second-order valence-electron chi connectivity index (χ2n) is 7.93. The third-order valence-corrected chi connectivity index (χ3v) is 5.04. The Bertz CT molecular complexity index is 1090. The standard InChI is InChI=1S/C22H20F3N3O3S/c1-21(2,3)28(16-6-7-18-19(11-16)31-9-8-30-18)20(32)27(13-29)15-5-4-14(12-26)17(10-15)22(23,24)25/h4-7,10-11,13H,8-9H2,1-3H3. The van der Waals surface area contributed by atoms with Crippen LogP contribution >= 0.6 is 12.2 Å². The number of nitriles is 1. The van der Waals surface area contributed by atoms with Gasteiger partial charge in [0.05, 0.1) is 22.9 Å². The molecule has 1 amide bonds. The number of thiocarbonyl (C=S) groups is 1. The average molecular weight is 463 g/mol. The van der Waals surface area contributed by atoms with E-state index >= 15 is 0 Å². The Morgan fingerprint density at radius 2 is 1.69 bits per heavy atom. The number of ether oxygens (including phenoxy) is 2. The minimum Gasteiger partial charge on any atom is -0.486 e. The maximum atomic E-state index is 13.4. The summed E-state index contributed by atoms with van der Waals surface area (Å²) in [7, 11) is 0. The average Bonchev–Trinajstić information content (AvgIpc) is 2.72. The van der Waals surface area contributed by atoms with Gasteiger partial charge in [0, 0.05) is 17.3 Å². The van der Waals surface area contributed by atoms with E-state index in [9.17, 15) is 18.0 Å². The van der Waals surface area contributed by atoms with Gasteiger partial charge >= 0.3 is 6.18 Å². The minimum atomic E-state index is -4.77. The SMILES string of the molecule is CC(C)(C)N(C(=S)N(C=O)c1ccc(C#N)c(C(F)(F)F)c1)c1ccc2c(c1)OCCO2. The third kappa shape index (κ3) is 4.62. The third-order valence-electron chi connectivity index (χ3n) is 4.66. The summed E-state index contributed by atoms with van der Waals surface area (Å²) < 4.78 is 51.4. The molecule has 0 bridgehead atoms. The van der Waals surface area contributed by atoms with Crippen molar-refractivity contribution in [2.45, 2.75) is 32.5 Å². The molecule has 0 radical (unpaired) electrons. The van der Waals surface area contributed by atoms with Crippen molar-refractivity contribution in [1.82, 2.24) is 0 Å². The number of hydrogen-bond donors (Lipinski definition) is 0. The molecule has 0 N–H and O–H groups in total. The molecule has 0 aliphatic carbocycles. The molecular weight excluding hydrogens is 443 g/mol. The summed E-state index contributed by atoms with van der Waals surface area (Å²) in [5, 5.41) is 8.99. The first kappa shape index (κ1) is 23.3. The lowest BCUT2D eigenvalue weighted by atomic mass is 10.0. The largest absolute Gasteiger partial charge is 0.486 e. The van der Waals surface area contributed by atoms with Gasteiger partial charge in [-0.05, 0) is 63.3 Å². The molecule has 1 aliphatic rings. The molecule has 10 heteroatoms. The molecule has 2 aromatic carbocycles. The quantitative estimate of drug-likeness (QED) is 0.477. The zero-order valence-electron chi connectivity index (χ0n) is 17.6. The van der Waals surface area contributed by atoms with Crippen molar-refractivity contribution in [3.63, 3.8) is 0 Å². The highest BCUT2D eigenvalue weighted by Crippen LogP contribution is 2.38. The summed E-state index contributed by atoms with van der Waals surface area (Å²) in [6, 6.07) is 9.67. The first-order chi connectivity index (χ1) is 15.0. The summed E-state index contributed by atoms with van der Waals surface area (Å²) >= 11 is 5.56. The number of anilines is 2. The van der Waals surface area contributed by atoms with Gasteiger partial charge < -0.3 is 14.4 Å². The highest BCUT2D eigenvalue weighted by atomic mass is 32.1. The van der Waals surface area contributed by atoms with Crippen LogP contribution in [0, 0.1) is 11.3 Å². The zero-order valence-corrected chi connectivity index (χ0v) is 18.4. The summed E-state index contributed by atoms with van der Waals surface area (Å²) in [5.41, 5.74) is -1.88. The molecule has 0 unspecified atom stereocenters. The molecule has 0 saturated heterocycles. The molecule has 0 atom stereocenters. The van der Waals surface area contributed by atoms with Crippen LogP contribution in [-0.2, 0) is 11.0 Å². The molecule has 3 rings (SSSR count). The number of fused-ring (bicyclic) bond motifs is 1.